The van der Waals surface area contributed by atoms with E-state index in [4.69, 9.17) is 9.84 Å². The second kappa shape index (κ2) is 8.25. The Bertz CT molecular complexity index is 547. The number of halogens is 1. The highest BCUT2D eigenvalue weighted by molar-refractivity contribution is 9.10. The molecule has 0 saturated heterocycles. The maximum Gasteiger partial charge on any atom is 0.335 e. The summed E-state index contributed by atoms with van der Waals surface area (Å²) in [6.45, 7) is 1.95. The monoisotopic (exact) mass is 358 g/mol. The number of rotatable bonds is 6. The zero-order chi connectivity index (χ0) is 15.8. The molecule has 0 fully saturated rings. The third-order valence-electron chi connectivity index (χ3n) is 2.33. The Morgan fingerprint density at radius 1 is 1.33 bits per heavy atom. The van der Waals surface area contributed by atoms with Crippen molar-refractivity contribution in [2.45, 2.75) is 13.3 Å². The highest BCUT2D eigenvalue weighted by atomic mass is 79.9. The van der Waals surface area contributed by atoms with Gasteiger partial charge in [0.15, 0.2) is 6.61 Å². The van der Waals surface area contributed by atoms with E-state index in [1.807, 2.05) is 6.92 Å². The summed E-state index contributed by atoms with van der Waals surface area (Å²) < 4.78 is 5.70. The fourth-order valence-corrected chi connectivity index (χ4v) is 1.70. The molecule has 0 saturated carbocycles. The van der Waals surface area contributed by atoms with E-state index >= 15 is 0 Å². The molecule has 21 heavy (non-hydrogen) atoms. The maximum atomic E-state index is 11.5. The third-order valence-corrected chi connectivity index (χ3v) is 2.98. The number of carbonyl (C=O) groups excluding carboxylic acids is 2. The Morgan fingerprint density at radius 3 is 2.67 bits per heavy atom. The van der Waals surface area contributed by atoms with E-state index in [9.17, 15) is 14.4 Å². The van der Waals surface area contributed by atoms with Gasteiger partial charge in [-0.05, 0) is 40.5 Å². The summed E-state index contributed by atoms with van der Waals surface area (Å²) in [6, 6.07) is 3.60. The molecule has 1 aromatic rings. The third kappa shape index (κ3) is 5.82. The highest BCUT2D eigenvalue weighted by Gasteiger charge is 2.11. The van der Waals surface area contributed by atoms with Crippen LogP contribution in [-0.4, -0.2) is 36.2 Å². The Morgan fingerprint density at radius 2 is 2.05 bits per heavy atom. The van der Waals surface area contributed by atoms with Crippen LogP contribution in [0.25, 0.3) is 0 Å². The summed E-state index contributed by atoms with van der Waals surface area (Å²) in [5, 5.41) is 13.5. The fraction of sp³-hybridized carbons (Fsp3) is 0.308. The van der Waals surface area contributed by atoms with Crippen LogP contribution in [-0.2, 0) is 4.79 Å². The van der Waals surface area contributed by atoms with E-state index in [0.29, 0.717) is 11.0 Å². The number of carbonyl (C=O) groups is 3. The quantitative estimate of drug-likeness (QED) is 0.718. The SMILES string of the molecule is CCCNC(=O)NC(=O)COc1cc(C(=O)O)ccc1Br. The van der Waals surface area contributed by atoms with E-state index in [2.05, 4.69) is 26.6 Å². The second-order valence-corrected chi connectivity index (χ2v) is 4.90. The van der Waals surface area contributed by atoms with Crippen molar-refractivity contribution in [2.24, 2.45) is 0 Å². The summed E-state index contributed by atoms with van der Waals surface area (Å²) >= 11 is 3.19. The summed E-state index contributed by atoms with van der Waals surface area (Å²) in [5.41, 5.74) is 0.0364. The van der Waals surface area contributed by atoms with Crippen LogP contribution in [0.3, 0.4) is 0 Å². The van der Waals surface area contributed by atoms with Crippen LogP contribution in [0, 0.1) is 0 Å². The smallest absolute Gasteiger partial charge is 0.335 e. The average Bonchev–Trinajstić information content (AvgIpc) is 2.43. The van der Waals surface area contributed by atoms with Crippen LogP contribution in [0.2, 0.25) is 0 Å². The van der Waals surface area contributed by atoms with Crippen molar-refractivity contribution in [1.29, 1.82) is 0 Å². The molecule has 0 radical (unpaired) electrons. The summed E-state index contributed by atoms with van der Waals surface area (Å²) in [7, 11) is 0. The van der Waals surface area contributed by atoms with Gasteiger partial charge < -0.3 is 15.2 Å². The van der Waals surface area contributed by atoms with Crippen molar-refractivity contribution in [3.05, 3.63) is 28.2 Å². The molecule has 7 nitrogen and oxygen atoms in total. The van der Waals surface area contributed by atoms with Crippen LogP contribution in [0.15, 0.2) is 22.7 Å². The molecule has 0 spiro atoms. The lowest BCUT2D eigenvalue weighted by molar-refractivity contribution is -0.122. The average molecular weight is 359 g/mol. The molecule has 1 rings (SSSR count). The van der Waals surface area contributed by atoms with Crippen molar-refractivity contribution >= 4 is 33.8 Å². The Labute approximate surface area is 129 Å². The van der Waals surface area contributed by atoms with Gasteiger partial charge in [0.1, 0.15) is 5.75 Å². The predicted octanol–water partition coefficient (Wildman–Crippen LogP) is 1.76. The van der Waals surface area contributed by atoms with Crippen LogP contribution in [0.1, 0.15) is 23.7 Å². The molecular formula is C13H15BrN2O5. The molecule has 0 aliphatic rings. The van der Waals surface area contributed by atoms with Gasteiger partial charge in [-0.15, -0.1) is 0 Å². The van der Waals surface area contributed by atoms with Gasteiger partial charge in [0.2, 0.25) is 0 Å². The minimum atomic E-state index is -1.10. The molecule has 0 unspecified atom stereocenters. The lowest BCUT2D eigenvalue weighted by Gasteiger charge is -2.09. The van der Waals surface area contributed by atoms with E-state index < -0.39 is 24.5 Å². The molecule has 3 N–H and O–H groups in total. The molecule has 3 amide bonds. The van der Waals surface area contributed by atoms with Crippen molar-refractivity contribution in [3.63, 3.8) is 0 Å². The first kappa shape index (κ1) is 17.0. The van der Waals surface area contributed by atoms with E-state index in [-0.39, 0.29) is 11.3 Å². The number of hydrogen-bond donors (Lipinski definition) is 3. The maximum absolute atomic E-state index is 11.5. The Kier molecular flexibility index (Phi) is 6.67. The van der Waals surface area contributed by atoms with Gasteiger partial charge in [0.05, 0.1) is 10.0 Å². The van der Waals surface area contributed by atoms with Gasteiger partial charge in [-0.1, -0.05) is 6.92 Å². The zero-order valence-corrected chi connectivity index (χ0v) is 12.9. The first-order valence-corrected chi connectivity index (χ1v) is 6.96. The van der Waals surface area contributed by atoms with Gasteiger partial charge in [-0.3, -0.25) is 10.1 Å². The Hall–Kier alpha value is -2.09. The van der Waals surface area contributed by atoms with Gasteiger partial charge in [0, 0.05) is 6.54 Å². The van der Waals surface area contributed by atoms with Gasteiger partial charge in [0.25, 0.3) is 5.91 Å². The predicted molar refractivity (Wildman–Crippen MR) is 78.4 cm³/mol. The minimum Gasteiger partial charge on any atom is -0.483 e. The summed E-state index contributed by atoms with van der Waals surface area (Å²) in [4.78, 5) is 33.6. The highest BCUT2D eigenvalue weighted by Crippen LogP contribution is 2.26. The number of urea groups is 1. The topological polar surface area (TPSA) is 105 Å². The largest absolute Gasteiger partial charge is 0.483 e. The zero-order valence-electron chi connectivity index (χ0n) is 11.3. The lowest BCUT2D eigenvalue weighted by atomic mass is 10.2. The number of nitrogens with one attached hydrogen (secondary N) is 2. The summed E-state index contributed by atoms with van der Waals surface area (Å²) in [5.74, 6) is -1.52. The van der Waals surface area contributed by atoms with Gasteiger partial charge in [-0.25, -0.2) is 9.59 Å². The molecular weight excluding hydrogens is 344 g/mol. The van der Waals surface area contributed by atoms with Crippen molar-refractivity contribution in [1.82, 2.24) is 10.6 Å². The molecule has 0 aliphatic heterocycles. The number of carboxylic acids is 1. The van der Waals surface area contributed by atoms with Crippen molar-refractivity contribution < 1.29 is 24.2 Å². The standard InChI is InChI=1S/C13H15BrN2O5/c1-2-5-15-13(20)16-11(17)7-21-10-6-8(12(18)19)3-4-9(10)14/h3-4,6H,2,5,7H2,1H3,(H,18,19)(H2,15,16,17,20). The number of imide groups is 1. The molecule has 0 aliphatic carbocycles. The van der Waals surface area contributed by atoms with E-state index in [1.54, 1.807) is 0 Å². The number of aromatic carboxylic acids is 1. The van der Waals surface area contributed by atoms with Crippen LogP contribution in [0.5, 0.6) is 5.75 Å². The molecule has 0 heterocycles. The van der Waals surface area contributed by atoms with E-state index in [1.165, 1.54) is 18.2 Å². The normalized spacial score (nSPS) is 9.81. The molecule has 114 valence electrons. The number of amides is 3. The van der Waals surface area contributed by atoms with Crippen LogP contribution >= 0.6 is 15.9 Å². The number of benzene rings is 1. The molecule has 0 aromatic heterocycles. The van der Waals surface area contributed by atoms with Crippen molar-refractivity contribution in [3.8, 4) is 5.75 Å². The van der Waals surface area contributed by atoms with Crippen molar-refractivity contribution in [2.75, 3.05) is 13.2 Å². The number of hydrogen-bond acceptors (Lipinski definition) is 4. The van der Waals surface area contributed by atoms with Gasteiger partial charge in [-0.2, -0.15) is 0 Å². The lowest BCUT2D eigenvalue weighted by Crippen LogP contribution is -2.41. The van der Waals surface area contributed by atoms with Crippen LogP contribution < -0.4 is 15.4 Å². The number of ether oxygens (including phenoxy) is 1. The van der Waals surface area contributed by atoms with E-state index in [0.717, 1.165) is 6.42 Å². The minimum absolute atomic E-state index is 0.0364. The first-order chi connectivity index (χ1) is 9.93. The fourth-order valence-electron chi connectivity index (χ4n) is 1.34. The number of carboxylic acid groups (broad SMARTS) is 1. The second-order valence-electron chi connectivity index (χ2n) is 4.04. The molecule has 8 heteroatoms. The molecule has 0 atom stereocenters. The van der Waals surface area contributed by atoms with Gasteiger partial charge >= 0.3 is 12.0 Å². The Balaban J connectivity index is 2.55. The van der Waals surface area contributed by atoms with Crippen LogP contribution in [0.4, 0.5) is 4.79 Å². The molecule has 0 bridgehead atoms. The first-order valence-electron chi connectivity index (χ1n) is 6.17. The summed E-state index contributed by atoms with van der Waals surface area (Å²) in [6.07, 6.45) is 0.757. The molecule has 1 aromatic carbocycles.